The molecular formula is C11H12N4O2. The van der Waals surface area contributed by atoms with Crippen molar-refractivity contribution in [1.82, 2.24) is 10.2 Å². The van der Waals surface area contributed by atoms with Crippen LogP contribution in [0.1, 0.15) is 11.1 Å². The van der Waals surface area contributed by atoms with Gasteiger partial charge in [0.25, 0.3) is 0 Å². The molecule has 0 amide bonds. The lowest BCUT2D eigenvalue weighted by molar-refractivity contribution is 0.412. The van der Waals surface area contributed by atoms with Gasteiger partial charge in [0.05, 0.1) is 13.3 Å². The summed E-state index contributed by atoms with van der Waals surface area (Å²) in [5, 5.41) is 20.0. The number of aromatic amines is 1. The van der Waals surface area contributed by atoms with Crippen molar-refractivity contribution in [3.63, 3.8) is 0 Å². The van der Waals surface area contributed by atoms with Gasteiger partial charge in [-0.3, -0.25) is 5.10 Å². The van der Waals surface area contributed by atoms with Crippen molar-refractivity contribution in [2.75, 3.05) is 7.11 Å². The maximum atomic E-state index is 9.81. The van der Waals surface area contributed by atoms with Crippen molar-refractivity contribution in [3.05, 3.63) is 41.7 Å². The zero-order chi connectivity index (χ0) is 12.3. The fourth-order valence-corrected chi connectivity index (χ4v) is 1.51. The maximum absolute atomic E-state index is 9.81. The molecule has 0 bridgehead atoms. The van der Waals surface area contributed by atoms with Crippen LogP contribution in [0.25, 0.3) is 0 Å². The number of nitrogens with two attached hydrogens (primary N) is 1. The summed E-state index contributed by atoms with van der Waals surface area (Å²) >= 11 is 0. The third-order valence-corrected chi connectivity index (χ3v) is 2.36. The van der Waals surface area contributed by atoms with Gasteiger partial charge in [0, 0.05) is 17.3 Å². The minimum absolute atomic E-state index is 0.0798. The predicted molar refractivity (Wildman–Crippen MR) is 63.1 cm³/mol. The third kappa shape index (κ3) is 2.05. The van der Waals surface area contributed by atoms with Crippen LogP contribution in [0.5, 0.6) is 11.5 Å². The lowest BCUT2D eigenvalue weighted by atomic mass is 10.0. The van der Waals surface area contributed by atoms with Gasteiger partial charge >= 0.3 is 0 Å². The van der Waals surface area contributed by atoms with E-state index < -0.39 is 0 Å². The number of nitrogens with one attached hydrogen (secondary N) is 1. The molecule has 0 aliphatic heterocycles. The van der Waals surface area contributed by atoms with Crippen LogP contribution in [0, 0.1) is 0 Å². The van der Waals surface area contributed by atoms with Gasteiger partial charge in [0.1, 0.15) is 17.2 Å². The average molecular weight is 232 g/mol. The molecule has 0 aliphatic carbocycles. The summed E-state index contributed by atoms with van der Waals surface area (Å²) in [4.78, 5) is 0. The summed E-state index contributed by atoms with van der Waals surface area (Å²) in [5.74, 6) is 6.04. The lowest BCUT2D eigenvalue weighted by Gasteiger charge is -2.07. The molecule has 0 saturated carbocycles. The van der Waals surface area contributed by atoms with E-state index in [4.69, 9.17) is 10.6 Å². The highest BCUT2D eigenvalue weighted by molar-refractivity contribution is 6.14. The van der Waals surface area contributed by atoms with Gasteiger partial charge in [-0.25, -0.2) is 0 Å². The van der Waals surface area contributed by atoms with Gasteiger partial charge in [-0.15, -0.1) is 0 Å². The van der Waals surface area contributed by atoms with E-state index in [9.17, 15) is 5.11 Å². The van der Waals surface area contributed by atoms with Crippen LogP contribution in [0.3, 0.4) is 0 Å². The molecule has 0 saturated heterocycles. The van der Waals surface area contributed by atoms with Crippen molar-refractivity contribution >= 4 is 5.71 Å². The highest BCUT2D eigenvalue weighted by Crippen LogP contribution is 2.25. The second kappa shape index (κ2) is 4.56. The molecule has 4 N–H and O–H groups in total. The van der Waals surface area contributed by atoms with Crippen LogP contribution in [-0.4, -0.2) is 28.1 Å². The van der Waals surface area contributed by atoms with Crippen molar-refractivity contribution in [2.24, 2.45) is 10.9 Å². The summed E-state index contributed by atoms with van der Waals surface area (Å²) in [5.41, 5.74) is 1.62. The zero-order valence-corrected chi connectivity index (χ0v) is 9.21. The largest absolute Gasteiger partial charge is 0.507 e. The zero-order valence-electron chi connectivity index (χ0n) is 9.21. The van der Waals surface area contributed by atoms with Gasteiger partial charge in [0.2, 0.25) is 0 Å². The normalized spacial score (nSPS) is 11.5. The highest BCUT2D eigenvalue weighted by atomic mass is 16.5. The maximum Gasteiger partial charge on any atom is 0.125 e. The first-order valence-corrected chi connectivity index (χ1v) is 4.90. The van der Waals surface area contributed by atoms with Gasteiger partial charge in [0.15, 0.2) is 0 Å². The van der Waals surface area contributed by atoms with E-state index in [1.165, 1.54) is 6.07 Å². The minimum atomic E-state index is 0.0798. The number of phenols is 1. The third-order valence-electron chi connectivity index (χ3n) is 2.36. The van der Waals surface area contributed by atoms with Crippen LogP contribution in [-0.2, 0) is 0 Å². The van der Waals surface area contributed by atoms with Crippen LogP contribution in [0.2, 0.25) is 0 Å². The first-order valence-electron chi connectivity index (χ1n) is 4.90. The average Bonchev–Trinajstić information content (AvgIpc) is 2.86. The lowest BCUT2D eigenvalue weighted by Crippen LogP contribution is -2.06. The molecule has 0 aliphatic rings. The second-order valence-electron chi connectivity index (χ2n) is 3.35. The van der Waals surface area contributed by atoms with Gasteiger partial charge in [-0.05, 0) is 18.2 Å². The Balaban J connectivity index is 2.52. The van der Waals surface area contributed by atoms with Crippen molar-refractivity contribution in [3.8, 4) is 11.5 Å². The quantitative estimate of drug-likeness (QED) is 0.415. The van der Waals surface area contributed by atoms with Crippen LogP contribution < -0.4 is 10.6 Å². The number of aromatic nitrogens is 2. The molecule has 0 fully saturated rings. The number of hydrogen-bond acceptors (Lipinski definition) is 5. The fraction of sp³-hybridized carbons (Fsp3) is 0.0909. The molecule has 6 nitrogen and oxygen atoms in total. The summed E-state index contributed by atoms with van der Waals surface area (Å²) in [6, 6.07) is 4.84. The molecule has 0 atom stereocenters. The van der Waals surface area contributed by atoms with Gasteiger partial charge in [-0.2, -0.15) is 10.2 Å². The Labute approximate surface area is 97.7 Å². The standard InChI is InChI=1S/C11H12N4O2/c1-17-8-2-3-10(16)9(4-8)11(15-12)7-5-13-14-6-7/h2-6,16H,12H2,1H3,(H,13,14)/b15-11-. The Morgan fingerprint density at radius 2 is 2.35 bits per heavy atom. The van der Waals surface area contributed by atoms with E-state index >= 15 is 0 Å². The summed E-state index contributed by atoms with van der Waals surface area (Å²) in [7, 11) is 1.55. The fourth-order valence-electron chi connectivity index (χ4n) is 1.51. The number of hydrazone groups is 1. The monoisotopic (exact) mass is 232 g/mol. The Bertz CT molecular complexity index is 534. The van der Waals surface area contributed by atoms with Gasteiger partial charge in [-0.1, -0.05) is 0 Å². The Kier molecular flexibility index (Phi) is 2.95. The van der Waals surface area contributed by atoms with E-state index in [0.29, 0.717) is 22.6 Å². The number of methoxy groups -OCH3 is 1. The number of ether oxygens (including phenoxy) is 1. The molecule has 0 radical (unpaired) electrons. The number of H-pyrrole nitrogens is 1. The Morgan fingerprint density at radius 3 is 2.94 bits per heavy atom. The molecule has 0 unspecified atom stereocenters. The van der Waals surface area contributed by atoms with Crippen molar-refractivity contribution < 1.29 is 9.84 Å². The smallest absolute Gasteiger partial charge is 0.125 e. The van der Waals surface area contributed by atoms with Gasteiger partial charge < -0.3 is 15.7 Å². The highest BCUT2D eigenvalue weighted by Gasteiger charge is 2.13. The SMILES string of the molecule is COc1ccc(O)c(/C(=N\N)c2cn[nH]c2)c1. The predicted octanol–water partition coefficient (Wildman–Crippen LogP) is 0.835. The number of nitrogens with zero attached hydrogens (tertiary/aromatic N) is 2. The Hall–Kier alpha value is -2.50. The first kappa shape index (κ1) is 11.0. The van der Waals surface area contributed by atoms with E-state index in [2.05, 4.69) is 15.3 Å². The molecule has 1 aromatic carbocycles. The van der Waals surface area contributed by atoms with Crippen LogP contribution in [0.4, 0.5) is 0 Å². The van der Waals surface area contributed by atoms with Crippen LogP contribution >= 0.6 is 0 Å². The second-order valence-corrected chi connectivity index (χ2v) is 3.35. The molecular weight excluding hydrogens is 220 g/mol. The summed E-state index contributed by atoms with van der Waals surface area (Å²) in [6.07, 6.45) is 3.22. The molecule has 6 heteroatoms. The number of benzene rings is 1. The van der Waals surface area contributed by atoms with E-state index in [1.54, 1.807) is 31.6 Å². The summed E-state index contributed by atoms with van der Waals surface area (Å²) < 4.78 is 5.09. The van der Waals surface area contributed by atoms with Crippen molar-refractivity contribution in [1.29, 1.82) is 0 Å². The molecule has 0 spiro atoms. The minimum Gasteiger partial charge on any atom is -0.507 e. The van der Waals surface area contributed by atoms with E-state index in [0.717, 1.165) is 0 Å². The number of phenolic OH excluding ortho intramolecular Hbond substituents is 1. The van der Waals surface area contributed by atoms with Crippen molar-refractivity contribution in [2.45, 2.75) is 0 Å². The van der Waals surface area contributed by atoms with E-state index in [-0.39, 0.29) is 5.75 Å². The molecule has 2 rings (SSSR count). The first-order chi connectivity index (χ1) is 8.26. The molecule has 1 aromatic heterocycles. The number of hydrogen-bond donors (Lipinski definition) is 3. The summed E-state index contributed by atoms with van der Waals surface area (Å²) in [6.45, 7) is 0. The number of rotatable bonds is 3. The van der Waals surface area contributed by atoms with E-state index in [1.807, 2.05) is 0 Å². The molecule has 2 aromatic rings. The molecule has 88 valence electrons. The number of aromatic hydroxyl groups is 1. The van der Waals surface area contributed by atoms with Crippen LogP contribution in [0.15, 0.2) is 35.7 Å². The molecule has 17 heavy (non-hydrogen) atoms. The molecule has 1 heterocycles. The topological polar surface area (TPSA) is 96.5 Å². The Morgan fingerprint density at radius 1 is 1.53 bits per heavy atom.